The van der Waals surface area contributed by atoms with Crippen molar-refractivity contribution >= 4 is 5.91 Å². The molecule has 3 nitrogen and oxygen atoms in total. The summed E-state index contributed by atoms with van der Waals surface area (Å²) < 4.78 is 0. The van der Waals surface area contributed by atoms with Gasteiger partial charge in [-0.3, -0.25) is 4.79 Å². The van der Waals surface area contributed by atoms with Crippen molar-refractivity contribution in [2.75, 3.05) is 13.1 Å². The molecular formula is C12H24N2O. The molecule has 0 radical (unpaired) electrons. The zero-order valence-electron chi connectivity index (χ0n) is 10.1. The lowest BCUT2D eigenvalue weighted by Gasteiger charge is -2.32. The summed E-state index contributed by atoms with van der Waals surface area (Å²) in [6, 6.07) is 0. The van der Waals surface area contributed by atoms with Crippen molar-refractivity contribution in [2.24, 2.45) is 5.73 Å². The van der Waals surface area contributed by atoms with Crippen LogP contribution in [0.2, 0.25) is 0 Å². The lowest BCUT2D eigenvalue weighted by molar-refractivity contribution is -0.137. The monoisotopic (exact) mass is 212 g/mol. The number of likely N-dealkylation sites (tertiary alicyclic amines) is 1. The standard InChI is InChI=1S/C12H24N2O/c1-3-12(13,4-2)11(15)14-9-7-5-6-8-10-14/h3-10,13H2,1-2H3. The van der Waals surface area contributed by atoms with Crippen molar-refractivity contribution in [3.63, 3.8) is 0 Å². The van der Waals surface area contributed by atoms with E-state index in [2.05, 4.69) is 0 Å². The van der Waals surface area contributed by atoms with E-state index in [0.717, 1.165) is 38.8 Å². The van der Waals surface area contributed by atoms with Gasteiger partial charge in [-0.1, -0.05) is 26.7 Å². The van der Waals surface area contributed by atoms with E-state index in [1.165, 1.54) is 12.8 Å². The van der Waals surface area contributed by atoms with Gasteiger partial charge in [0.15, 0.2) is 0 Å². The van der Waals surface area contributed by atoms with E-state index in [-0.39, 0.29) is 5.91 Å². The molecule has 3 heteroatoms. The highest BCUT2D eigenvalue weighted by molar-refractivity contribution is 5.86. The summed E-state index contributed by atoms with van der Waals surface area (Å²) in [5, 5.41) is 0. The molecule has 0 aromatic heterocycles. The second kappa shape index (κ2) is 5.50. The Morgan fingerprint density at radius 3 is 2.00 bits per heavy atom. The molecule has 1 amide bonds. The molecule has 0 spiro atoms. The van der Waals surface area contributed by atoms with Crippen LogP contribution >= 0.6 is 0 Å². The molecule has 1 rings (SSSR count). The number of carbonyl (C=O) groups is 1. The second-order valence-corrected chi connectivity index (χ2v) is 4.57. The van der Waals surface area contributed by atoms with Crippen LogP contribution in [-0.4, -0.2) is 29.4 Å². The van der Waals surface area contributed by atoms with E-state index in [9.17, 15) is 4.79 Å². The van der Waals surface area contributed by atoms with Crippen molar-refractivity contribution in [1.82, 2.24) is 4.90 Å². The molecule has 1 fully saturated rings. The normalized spacial score (nSPS) is 18.7. The molecule has 0 atom stereocenters. The smallest absolute Gasteiger partial charge is 0.242 e. The first kappa shape index (κ1) is 12.5. The Balaban J connectivity index is 2.64. The van der Waals surface area contributed by atoms with Gasteiger partial charge in [-0.2, -0.15) is 0 Å². The summed E-state index contributed by atoms with van der Waals surface area (Å²) in [4.78, 5) is 14.2. The Bertz CT molecular complexity index is 204. The highest BCUT2D eigenvalue weighted by Crippen LogP contribution is 2.18. The van der Waals surface area contributed by atoms with Gasteiger partial charge in [-0.25, -0.2) is 0 Å². The SMILES string of the molecule is CCC(N)(CC)C(=O)N1CCCCCC1. The fourth-order valence-electron chi connectivity index (χ4n) is 2.14. The first-order chi connectivity index (χ1) is 7.14. The van der Waals surface area contributed by atoms with Crippen LogP contribution in [0.25, 0.3) is 0 Å². The summed E-state index contributed by atoms with van der Waals surface area (Å²) in [7, 11) is 0. The van der Waals surface area contributed by atoms with E-state index >= 15 is 0 Å². The molecule has 0 aliphatic carbocycles. The summed E-state index contributed by atoms with van der Waals surface area (Å²) in [5.74, 6) is 0.161. The number of rotatable bonds is 3. The quantitative estimate of drug-likeness (QED) is 0.776. The molecule has 1 aliphatic rings. The van der Waals surface area contributed by atoms with Crippen molar-refractivity contribution in [3.05, 3.63) is 0 Å². The molecule has 1 aliphatic heterocycles. The fraction of sp³-hybridized carbons (Fsp3) is 0.917. The lowest BCUT2D eigenvalue weighted by atomic mass is 9.92. The minimum Gasteiger partial charge on any atom is -0.341 e. The summed E-state index contributed by atoms with van der Waals surface area (Å²) in [5.41, 5.74) is 5.51. The lowest BCUT2D eigenvalue weighted by Crippen LogP contribution is -2.54. The van der Waals surface area contributed by atoms with Gasteiger partial charge in [0.05, 0.1) is 5.54 Å². The Hall–Kier alpha value is -0.570. The Morgan fingerprint density at radius 1 is 1.13 bits per heavy atom. The van der Waals surface area contributed by atoms with Crippen LogP contribution in [0, 0.1) is 0 Å². The van der Waals surface area contributed by atoms with Crippen LogP contribution in [0.5, 0.6) is 0 Å². The van der Waals surface area contributed by atoms with Gasteiger partial charge in [0.25, 0.3) is 0 Å². The van der Waals surface area contributed by atoms with E-state index in [1.54, 1.807) is 0 Å². The van der Waals surface area contributed by atoms with E-state index in [0.29, 0.717) is 0 Å². The Labute approximate surface area is 93.0 Å². The van der Waals surface area contributed by atoms with Gasteiger partial charge in [0, 0.05) is 13.1 Å². The van der Waals surface area contributed by atoms with Crippen LogP contribution in [0.3, 0.4) is 0 Å². The molecule has 0 saturated carbocycles. The van der Waals surface area contributed by atoms with Crippen molar-refractivity contribution in [1.29, 1.82) is 0 Å². The molecule has 1 saturated heterocycles. The highest BCUT2D eigenvalue weighted by atomic mass is 16.2. The van der Waals surface area contributed by atoms with Gasteiger partial charge in [-0.15, -0.1) is 0 Å². The number of hydrogen-bond donors (Lipinski definition) is 1. The van der Waals surface area contributed by atoms with Gasteiger partial charge in [0.1, 0.15) is 0 Å². The van der Waals surface area contributed by atoms with Crippen molar-refractivity contribution < 1.29 is 4.79 Å². The van der Waals surface area contributed by atoms with Gasteiger partial charge >= 0.3 is 0 Å². The van der Waals surface area contributed by atoms with E-state index in [4.69, 9.17) is 5.73 Å². The zero-order valence-corrected chi connectivity index (χ0v) is 10.1. The third-order valence-electron chi connectivity index (χ3n) is 3.58. The molecule has 0 unspecified atom stereocenters. The summed E-state index contributed by atoms with van der Waals surface area (Å²) in [6.07, 6.45) is 6.24. The van der Waals surface area contributed by atoms with Crippen LogP contribution in [-0.2, 0) is 4.79 Å². The number of carbonyl (C=O) groups excluding carboxylic acids is 1. The van der Waals surface area contributed by atoms with E-state index in [1.807, 2.05) is 18.7 Å². The first-order valence-corrected chi connectivity index (χ1v) is 6.22. The molecule has 2 N–H and O–H groups in total. The van der Waals surface area contributed by atoms with Crippen molar-refractivity contribution in [2.45, 2.75) is 57.9 Å². The number of nitrogens with zero attached hydrogens (tertiary/aromatic N) is 1. The molecule has 1 heterocycles. The predicted octanol–water partition coefficient (Wildman–Crippen LogP) is 1.91. The number of amides is 1. The van der Waals surface area contributed by atoms with Crippen molar-refractivity contribution in [3.8, 4) is 0 Å². The average Bonchev–Trinajstić information content (AvgIpc) is 2.55. The molecule has 0 aromatic carbocycles. The second-order valence-electron chi connectivity index (χ2n) is 4.57. The average molecular weight is 212 g/mol. The highest BCUT2D eigenvalue weighted by Gasteiger charge is 2.33. The Kier molecular flexibility index (Phi) is 4.58. The third kappa shape index (κ3) is 2.94. The predicted molar refractivity (Wildman–Crippen MR) is 62.5 cm³/mol. The van der Waals surface area contributed by atoms with Gasteiger partial charge < -0.3 is 10.6 Å². The summed E-state index contributed by atoms with van der Waals surface area (Å²) in [6.45, 7) is 5.80. The maximum Gasteiger partial charge on any atom is 0.242 e. The van der Waals surface area contributed by atoms with Crippen LogP contribution < -0.4 is 5.73 Å². The van der Waals surface area contributed by atoms with Gasteiger partial charge in [-0.05, 0) is 25.7 Å². The fourth-order valence-corrected chi connectivity index (χ4v) is 2.14. The summed E-state index contributed by atoms with van der Waals surface area (Å²) >= 11 is 0. The minimum absolute atomic E-state index is 0.161. The molecule has 88 valence electrons. The third-order valence-corrected chi connectivity index (χ3v) is 3.58. The first-order valence-electron chi connectivity index (χ1n) is 6.22. The van der Waals surface area contributed by atoms with Crippen LogP contribution in [0.15, 0.2) is 0 Å². The van der Waals surface area contributed by atoms with Gasteiger partial charge in [0.2, 0.25) is 5.91 Å². The maximum atomic E-state index is 12.2. The molecule has 15 heavy (non-hydrogen) atoms. The molecule has 0 bridgehead atoms. The topological polar surface area (TPSA) is 46.3 Å². The maximum absolute atomic E-state index is 12.2. The Morgan fingerprint density at radius 2 is 1.60 bits per heavy atom. The largest absolute Gasteiger partial charge is 0.341 e. The minimum atomic E-state index is -0.621. The molecular weight excluding hydrogens is 188 g/mol. The number of nitrogens with two attached hydrogens (primary N) is 1. The molecule has 0 aromatic rings. The van der Waals surface area contributed by atoms with Crippen LogP contribution in [0.1, 0.15) is 52.4 Å². The zero-order chi connectivity index (χ0) is 11.3. The van der Waals surface area contributed by atoms with Crippen LogP contribution in [0.4, 0.5) is 0 Å². The number of hydrogen-bond acceptors (Lipinski definition) is 2. The van der Waals surface area contributed by atoms with E-state index < -0.39 is 5.54 Å².